The average Bonchev–Trinajstić information content (AvgIpc) is 3.34. The number of rotatable bonds is 13. The van der Waals surface area contributed by atoms with Crippen LogP contribution in [0.1, 0.15) is 59.1 Å². The number of fused-ring (bicyclic) bond motifs is 1. The van der Waals surface area contributed by atoms with Gasteiger partial charge in [0.05, 0.1) is 12.1 Å². The molecule has 218 valence electrons. The number of carbonyl (C=O) groups is 3. The fourth-order valence-electron chi connectivity index (χ4n) is 4.64. The van der Waals surface area contributed by atoms with E-state index in [1.165, 1.54) is 22.5 Å². The number of nitrogens with one attached hydrogen (secondary N) is 2. The van der Waals surface area contributed by atoms with E-state index >= 15 is 0 Å². The molecule has 2 aromatic carbocycles. The van der Waals surface area contributed by atoms with Crippen LogP contribution in [0.3, 0.4) is 0 Å². The zero-order valence-electron chi connectivity index (χ0n) is 23.9. The van der Waals surface area contributed by atoms with E-state index in [9.17, 15) is 14.4 Å². The van der Waals surface area contributed by atoms with E-state index in [1.54, 1.807) is 0 Å². The summed E-state index contributed by atoms with van der Waals surface area (Å²) in [5.74, 6) is 0.580. The van der Waals surface area contributed by atoms with Crippen LogP contribution >= 0.6 is 11.3 Å². The first-order chi connectivity index (χ1) is 19.9. The molecule has 0 radical (unpaired) electrons. The number of benzene rings is 2. The molecule has 0 saturated heterocycles. The second kappa shape index (κ2) is 14.7. The lowest BCUT2D eigenvalue weighted by molar-refractivity contribution is -0.145. The Hall–Kier alpha value is -3.85. The quantitative estimate of drug-likeness (QED) is 0.209. The maximum absolute atomic E-state index is 13.3. The summed E-state index contributed by atoms with van der Waals surface area (Å²) in [4.78, 5) is 39.2. The lowest BCUT2D eigenvalue weighted by Gasteiger charge is -2.18. The van der Waals surface area contributed by atoms with Crippen LogP contribution in [0.25, 0.3) is 0 Å². The van der Waals surface area contributed by atoms with Gasteiger partial charge in [0.25, 0.3) is 11.8 Å². The van der Waals surface area contributed by atoms with E-state index in [1.807, 2.05) is 48.5 Å². The Balaban J connectivity index is 1.29. The number of hydrogen-bond acceptors (Lipinski definition) is 7. The van der Waals surface area contributed by atoms with E-state index in [4.69, 9.17) is 14.2 Å². The maximum Gasteiger partial charge on any atom is 0.344 e. The molecule has 0 spiro atoms. The Morgan fingerprint density at radius 2 is 1.51 bits per heavy atom. The number of thiophene rings is 1. The van der Waals surface area contributed by atoms with Crippen molar-refractivity contribution in [3.8, 4) is 11.5 Å². The van der Waals surface area contributed by atoms with E-state index < -0.39 is 5.97 Å². The van der Waals surface area contributed by atoms with Gasteiger partial charge in [-0.05, 0) is 79.0 Å². The van der Waals surface area contributed by atoms with Crippen LogP contribution in [0.2, 0.25) is 0 Å². The standard InChI is InChI=1S/C32H38N2O6S/c1-4-22-7-11-24(12-8-22)39-19-28(35)34-32-30(26-15-6-21(3)18-27(26)41-32)31(37)33-16-17-38-29(36)20-40-25-13-9-23(5-2)10-14-25/h7-14,21H,4-6,15-20H2,1-3H3,(H,33,37)(H,34,35). The van der Waals surface area contributed by atoms with Gasteiger partial charge in [-0.1, -0.05) is 45.0 Å². The highest BCUT2D eigenvalue weighted by Gasteiger charge is 2.28. The monoisotopic (exact) mass is 578 g/mol. The van der Waals surface area contributed by atoms with Crippen molar-refractivity contribution in [3.63, 3.8) is 0 Å². The molecule has 8 nitrogen and oxygen atoms in total. The molecule has 0 saturated carbocycles. The van der Waals surface area contributed by atoms with Gasteiger partial charge >= 0.3 is 5.97 Å². The second-order valence-corrected chi connectivity index (χ2v) is 11.3. The largest absolute Gasteiger partial charge is 0.484 e. The highest BCUT2D eigenvalue weighted by atomic mass is 32.1. The fraction of sp³-hybridized carbons (Fsp3) is 0.406. The number of hydrogen-bond donors (Lipinski definition) is 2. The van der Waals surface area contributed by atoms with Gasteiger partial charge in [0.2, 0.25) is 0 Å². The predicted molar refractivity (Wildman–Crippen MR) is 160 cm³/mol. The van der Waals surface area contributed by atoms with Crippen LogP contribution in [0.5, 0.6) is 11.5 Å². The van der Waals surface area contributed by atoms with Crippen LogP contribution in [-0.4, -0.2) is 44.1 Å². The topological polar surface area (TPSA) is 103 Å². The van der Waals surface area contributed by atoms with E-state index in [0.29, 0.717) is 28.0 Å². The summed E-state index contributed by atoms with van der Waals surface area (Å²) in [6, 6.07) is 15.2. The van der Waals surface area contributed by atoms with Crippen molar-refractivity contribution in [1.29, 1.82) is 0 Å². The van der Waals surface area contributed by atoms with Crippen molar-refractivity contribution in [2.75, 3.05) is 31.7 Å². The summed E-state index contributed by atoms with van der Waals surface area (Å²) < 4.78 is 16.4. The number of anilines is 1. The molecule has 0 aliphatic heterocycles. The molecular formula is C32H38N2O6S. The number of aryl methyl sites for hydroxylation is 2. The van der Waals surface area contributed by atoms with E-state index in [2.05, 4.69) is 31.4 Å². The van der Waals surface area contributed by atoms with Gasteiger partial charge in [-0.3, -0.25) is 9.59 Å². The van der Waals surface area contributed by atoms with Gasteiger partial charge in [-0.2, -0.15) is 0 Å². The molecule has 1 aliphatic rings. The first-order valence-corrected chi connectivity index (χ1v) is 15.0. The third-order valence-corrected chi connectivity index (χ3v) is 8.20. The van der Waals surface area contributed by atoms with Crippen LogP contribution < -0.4 is 20.1 Å². The van der Waals surface area contributed by atoms with Crippen molar-refractivity contribution in [1.82, 2.24) is 5.32 Å². The fourth-order valence-corrected chi connectivity index (χ4v) is 6.06. The lowest BCUT2D eigenvalue weighted by Crippen LogP contribution is -2.30. The minimum absolute atomic E-state index is 0.0123. The molecule has 0 fully saturated rings. The normalized spacial score (nSPS) is 14.1. The Kier molecular flexibility index (Phi) is 10.8. The second-order valence-electron chi connectivity index (χ2n) is 10.2. The van der Waals surface area contributed by atoms with E-state index in [-0.39, 0.29) is 38.2 Å². The molecule has 2 amide bonds. The molecule has 1 aromatic heterocycles. The lowest BCUT2D eigenvalue weighted by atomic mass is 9.88. The van der Waals surface area contributed by atoms with Gasteiger partial charge in [0, 0.05) is 4.88 Å². The highest BCUT2D eigenvalue weighted by Crippen LogP contribution is 2.39. The predicted octanol–water partition coefficient (Wildman–Crippen LogP) is 5.37. The van der Waals surface area contributed by atoms with Crippen molar-refractivity contribution in [2.24, 2.45) is 5.92 Å². The maximum atomic E-state index is 13.3. The van der Waals surface area contributed by atoms with E-state index in [0.717, 1.165) is 42.5 Å². The van der Waals surface area contributed by atoms with Crippen molar-refractivity contribution >= 4 is 34.1 Å². The molecule has 3 aromatic rings. The summed E-state index contributed by atoms with van der Waals surface area (Å²) in [5.41, 5.74) is 3.85. The Labute approximate surface area is 245 Å². The number of carbonyl (C=O) groups excluding carboxylic acids is 3. The molecule has 2 N–H and O–H groups in total. The Morgan fingerprint density at radius 1 is 0.902 bits per heavy atom. The van der Waals surface area contributed by atoms with Gasteiger partial charge < -0.3 is 24.8 Å². The van der Waals surface area contributed by atoms with Gasteiger partial charge in [0.1, 0.15) is 23.1 Å². The first-order valence-electron chi connectivity index (χ1n) is 14.2. The van der Waals surface area contributed by atoms with Crippen LogP contribution in [0, 0.1) is 5.92 Å². The third-order valence-electron chi connectivity index (χ3n) is 7.03. The van der Waals surface area contributed by atoms with Crippen molar-refractivity contribution in [2.45, 2.75) is 52.9 Å². The number of ether oxygens (including phenoxy) is 3. The average molecular weight is 579 g/mol. The Morgan fingerprint density at radius 3 is 2.12 bits per heavy atom. The molecule has 4 rings (SSSR count). The van der Waals surface area contributed by atoms with Gasteiger partial charge in [0.15, 0.2) is 13.2 Å². The zero-order chi connectivity index (χ0) is 29.2. The first kappa shape index (κ1) is 30.1. The minimum Gasteiger partial charge on any atom is -0.484 e. The summed E-state index contributed by atoms with van der Waals surface area (Å²) in [6.45, 7) is 6.12. The number of amides is 2. The smallest absolute Gasteiger partial charge is 0.344 e. The zero-order valence-corrected chi connectivity index (χ0v) is 24.7. The summed E-state index contributed by atoms with van der Waals surface area (Å²) in [6.07, 6.45) is 4.48. The minimum atomic E-state index is -0.516. The van der Waals surface area contributed by atoms with Crippen LogP contribution in [-0.2, 0) is 40.0 Å². The highest BCUT2D eigenvalue weighted by molar-refractivity contribution is 7.17. The summed E-state index contributed by atoms with van der Waals surface area (Å²) in [5, 5.41) is 6.26. The summed E-state index contributed by atoms with van der Waals surface area (Å²) >= 11 is 1.45. The molecule has 1 heterocycles. The number of esters is 1. The van der Waals surface area contributed by atoms with Gasteiger partial charge in [-0.15, -0.1) is 11.3 Å². The molecule has 9 heteroatoms. The SMILES string of the molecule is CCc1ccc(OCC(=O)Nc2sc3c(c2C(=O)NCCOC(=O)COc2ccc(CC)cc2)CCC(C)C3)cc1. The third kappa shape index (κ3) is 8.57. The van der Waals surface area contributed by atoms with Crippen LogP contribution in [0.4, 0.5) is 5.00 Å². The van der Waals surface area contributed by atoms with Crippen LogP contribution in [0.15, 0.2) is 48.5 Å². The summed E-state index contributed by atoms with van der Waals surface area (Å²) in [7, 11) is 0. The molecule has 0 bridgehead atoms. The molecule has 41 heavy (non-hydrogen) atoms. The molecule has 1 atom stereocenters. The molecular weight excluding hydrogens is 540 g/mol. The van der Waals surface area contributed by atoms with Crippen molar-refractivity contribution < 1.29 is 28.6 Å². The van der Waals surface area contributed by atoms with Gasteiger partial charge in [-0.25, -0.2) is 4.79 Å². The van der Waals surface area contributed by atoms with Crippen molar-refractivity contribution in [3.05, 3.63) is 75.7 Å². The Bertz CT molecular complexity index is 1330. The molecule has 1 aliphatic carbocycles. The molecule has 1 unspecified atom stereocenters.